The molecule has 29 heavy (non-hydrogen) atoms. The monoisotopic (exact) mass is 401 g/mol. The number of carbonyl (C=O) groups is 2. The molecule has 1 aromatic heterocycles. The molecule has 1 fully saturated rings. The zero-order valence-electron chi connectivity index (χ0n) is 16.5. The molecule has 9 heteroatoms. The third-order valence-electron chi connectivity index (χ3n) is 4.85. The molecule has 0 spiro atoms. The summed E-state index contributed by atoms with van der Waals surface area (Å²) < 4.78 is 7.05. The van der Waals surface area contributed by atoms with Crippen LogP contribution in [0.15, 0.2) is 36.7 Å². The minimum atomic E-state index is -0.879. The second-order valence-electron chi connectivity index (χ2n) is 6.98. The molecule has 156 valence electrons. The van der Waals surface area contributed by atoms with Crippen molar-refractivity contribution in [2.75, 3.05) is 44.7 Å². The van der Waals surface area contributed by atoms with Crippen LogP contribution in [0, 0.1) is 6.92 Å². The van der Waals surface area contributed by atoms with E-state index in [2.05, 4.69) is 20.6 Å². The van der Waals surface area contributed by atoms with E-state index in [1.165, 1.54) is 6.20 Å². The Morgan fingerprint density at radius 2 is 1.97 bits per heavy atom. The maximum atomic E-state index is 12.1. The minimum Gasteiger partial charge on any atom is -0.387 e. The molecule has 3 N–H and O–H groups in total. The van der Waals surface area contributed by atoms with Gasteiger partial charge in [0.05, 0.1) is 37.7 Å². The van der Waals surface area contributed by atoms with Crippen molar-refractivity contribution in [1.29, 1.82) is 0 Å². The van der Waals surface area contributed by atoms with Crippen molar-refractivity contribution in [2.24, 2.45) is 0 Å². The molecule has 3 rings (SSSR count). The molecule has 2 aromatic rings. The maximum absolute atomic E-state index is 12.1. The van der Waals surface area contributed by atoms with E-state index in [4.69, 9.17) is 4.74 Å². The van der Waals surface area contributed by atoms with Crippen LogP contribution in [0.4, 0.5) is 5.69 Å². The number of nitrogens with zero attached hydrogens (tertiary/aromatic N) is 3. The third kappa shape index (κ3) is 6.11. The van der Waals surface area contributed by atoms with Gasteiger partial charge in [-0.3, -0.25) is 19.2 Å². The molecule has 2 heterocycles. The molecule has 1 saturated heterocycles. The maximum Gasteiger partial charge on any atom is 0.313 e. The molecule has 1 atom stereocenters. The lowest BCUT2D eigenvalue weighted by Gasteiger charge is -2.26. The van der Waals surface area contributed by atoms with Crippen LogP contribution in [-0.4, -0.2) is 71.0 Å². The fraction of sp³-hybridized carbons (Fsp3) is 0.450. The smallest absolute Gasteiger partial charge is 0.313 e. The first-order valence-corrected chi connectivity index (χ1v) is 9.68. The molecule has 1 aliphatic rings. The van der Waals surface area contributed by atoms with Crippen LogP contribution < -0.4 is 10.6 Å². The van der Waals surface area contributed by atoms with Crippen molar-refractivity contribution in [3.05, 3.63) is 47.8 Å². The van der Waals surface area contributed by atoms with Gasteiger partial charge in [-0.15, -0.1) is 0 Å². The number of aromatic nitrogens is 2. The van der Waals surface area contributed by atoms with Crippen LogP contribution in [0.2, 0.25) is 0 Å². The summed E-state index contributed by atoms with van der Waals surface area (Å²) in [7, 11) is 0. The zero-order chi connectivity index (χ0) is 20.6. The standard InChI is InChI=1S/C20H27N5O4/c1-15-4-2-3-5-17(15)18(26)13-21-19(27)20(28)23-16-12-22-25(14-16)7-6-24-8-10-29-11-9-24/h2-5,12,14,18,26H,6-11,13H2,1H3,(H,21,27)(H,23,28)/t18-/m0/s1. The van der Waals surface area contributed by atoms with E-state index in [0.29, 0.717) is 12.2 Å². The number of aliphatic hydroxyl groups is 1. The Hall–Kier alpha value is -2.75. The summed E-state index contributed by atoms with van der Waals surface area (Å²) in [5, 5.41) is 19.4. The van der Waals surface area contributed by atoms with E-state index in [1.807, 2.05) is 25.1 Å². The van der Waals surface area contributed by atoms with Crippen LogP contribution in [0.25, 0.3) is 0 Å². The average molecular weight is 401 g/mol. The molecule has 0 aliphatic carbocycles. The van der Waals surface area contributed by atoms with E-state index in [9.17, 15) is 14.7 Å². The third-order valence-corrected chi connectivity index (χ3v) is 4.85. The summed E-state index contributed by atoms with van der Waals surface area (Å²) >= 11 is 0. The summed E-state index contributed by atoms with van der Waals surface area (Å²) in [6, 6.07) is 7.36. The number of anilines is 1. The van der Waals surface area contributed by atoms with Gasteiger partial charge in [-0.1, -0.05) is 24.3 Å². The largest absolute Gasteiger partial charge is 0.387 e. The molecule has 0 unspecified atom stereocenters. The van der Waals surface area contributed by atoms with Crippen LogP contribution in [-0.2, 0) is 20.9 Å². The van der Waals surface area contributed by atoms with Crippen LogP contribution >= 0.6 is 0 Å². The molecule has 9 nitrogen and oxygen atoms in total. The molecule has 0 bridgehead atoms. The number of carbonyl (C=O) groups excluding carboxylic acids is 2. The molecular weight excluding hydrogens is 374 g/mol. The predicted molar refractivity (Wildman–Crippen MR) is 107 cm³/mol. The number of nitrogens with one attached hydrogen (secondary N) is 2. The summed E-state index contributed by atoms with van der Waals surface area (Å²) in [6.45, 7) is 6.65. The highest BCUT2D eigenvalue weighted by atomic mass is 16.5. The van der Waals surface area contributed by atoms with Gasteiger partial charge in [-0.2, -0.15) is 5.10 Å². The fourth-order valence-corrected chi connectivity index (χ4v) is 3.15. The topological polar surface area (TPSA) is 109 Å². The predicted octanol–water partition coefficient (Wildman–Crippen LogP) is 0.312. The van der Waals surface area contributed by atoms with Crippen LogP contribution in [0.3, 0.4) is 0 Å². The molecule has 1 aromatic carbocycles. The Morgan fingerprint density at radius 1 is 1.21 bits per heavy atom. The Kier molecular flexibility index (Phi) is 7.34. The SMILES string of the molecule is Cc1ccccc1[C@@H](O)CNC(=O)C(=O)Nc1cnn(CCN2CCOCC2)c1. The number of hydrogen-bond donors (Lipinski definition) is 3. The van der Waals surface area contributed by atoms with E-state index >= 15 is 0 Å². The fourth-order valence-electron chi connectivity index (χ4n) is 3.15. The van der Waals surface area contributed by atoms with Gasteiger partial charge in [0, 0.05) is 32.4 Å². The van der Waals surface area contributed by atoms with Crippen LogP contribution in [0.5, 0.6) is 0 Å². The van der Waals surface area contributed by atoms with E-state index in [0.717, 1.165) is 44.0 Å². The Morgan fingerprint density at radius 3 is 2.72 bits per heavy atom. The van der Waals surface area contributed by atoms with Crippen molar-refractivity contribution < 1.29 is 19.4 Å². The van der Waals surface area contributed by atoms with Gasteiger partial charge in [0.15, 0.2) is 0 Å². The summed E-state index contributed by atoms with van der Waals surface area (Å²) in [5.41, 5.74) is 2.09. The first-order chi connectivity index (χ1) is 14.0. The van der Waals surface area contributed by atoms with Gasteiger partial charge >= 0.3 is 11.8 Å². The first-order valence-electron chi connectivity index (χ1n) is 9.68. The highest BCUT2D eigenvalue weighted by Crippen LogP contribution is 2.16. The van der Waals surface area contributed by atoms with Gasteiger partial charge in [0.2, 0.25) is 0 Å². The molecular formula is C20H27N5O4. The Bertz CT molecular complexity index is 832. The lowest BCUT2D eigenvalue weighted by atomic mass is 10.0. The second kappa shape index (κ2) is 10.1. The summed E-state index contributed by atoms with van der Waals surface area (Å²) in [6.07, 6.45) is 2.32. The lowest BCUT2D eigenvalue weighted by Crippen LogP contribution is -2.38. The Labute approximate surface area is 169 Å². The highest BCUT2D eigenvalue weighted by molar-refractivity contribution is 6.39. The van der Waals surface area contributed by atoms with Crippen molar-refractivity contribution in [3.63, 3.8) is 0 Å². The quantitative estimate of drug-likeness (QED) is 0.577. The van der Waals surface area contributed by atoms with Gasteiger partial charge in [0.1, 0.15) is 0 Å². The number of aryl methyl sites for hydroxylation is 1. The minimum absolute atomic E-state index is 0.0457. The molecule has 2 amide bonds. The number of amides is 2. The number of rotatable bonds is 7. The number of ether oxygens (including phenoxy) is 1. The first kappa shape index (κ1) is 21.0. The molecule has 0 saturated carbocycles. The number of morpholine rings is 1. The van der Waals surface area contributed by atoms with Gasteiger partial charge in [0.25, 0.3) is 0 Å². The summed E-state index contributed by atoms with van der Waals surface area (Å²) in [5.74, 6) is -1.60. The van der Waals surface area contributed by atoms with E-state index < -0.39 is 17.9 Å². The highest BCUT2D eigenvalue weighted by Gasteiger charge is 2.17. The van der Waals surface area contributed by atoms with Crippen molar-refractivity contribution in [3.8, 4) is 0 Å². The van der Waals surface area contributed by atoms with Crippen molar-refractivity contribution in [1.82, 2.24) is 20.0 Å². The van der Waals surface area contributed by atoms with Gasteiger partial charge in [-0.25, -0.2) is 0 Å². The molecule has 0 radical (unpaired) electrons. The van der Waals surface area contributed by atoms with E-state index in [1.54, 1.807) is 16.9 Å². The van der Waals surface area contributed by atoms with Crippen molar-refractivity contribution in [2.45, 2.75) is 19.6 Å². The lowest BCUT2D eigenvalue weighted by molar-refractivity contribution is -0.136. The number of benzene rings is 1. The van der Waals surface area contributed by atoms with Crippen molar-refractivity contribution >= 4 is 17.5 Å². The molecule has 1 aliphatic heterocycles. The average Bonchev–Trinajstić information content (AvgIpc) is 3.18. The number of hydrogen-bond acceptors (Lipinski definition) is 6. The second-order valence-corrected chi connectivity index (χ2v) is 6.98. The summed E-state index contributed by atoms with van der Waals surface area (Å²) in [4.78, 5) is 26.4. The van der Waals surface area contributed by atoms with Crippen LogP contribution in [0.1, 0.15) is 17.2 Å². The number of aliphatic hydroxyl groups excluding tert-OH is 1. The normalized spacial score (nSPS) is 15.7. The van der Waals surface area contributed by atoms with E-state index in [-0.39, 0.29) is 6.54 Å². The van der Waals surface area contributed by atoms with Gasteiger partial charge in [-0.05, 0) is 18.1 Å². The Balaban J connectivity index is 1.43. The van der Waals surface area contributed by atoms with Gasteiger partial charge < -0.3 is 20.5 Å². The zero-order valence-corrected chi connectivity index (χ0v) is 16.5.